The fourth-order valence-corrected chi connectivity index (χ4v) is 2.73. The number of fused-ring (bicyclic) bond motifs is 1. The fourth-order valence-electron chi connectivity index (χ4n) is 2.73. The van der Waals surface area contributed by atoms with Gasteiger partial charge < -0.3 is 0 Å². The van der Waals surface area contributed by atoms with Crippen LogP contribution < -0.4 is 0 Å². The second kappa shape index (κ2) is 5.35. The van der Waals surface area contributed by atoms with Gasteiger partial charge >= 0.3 is 0 Å². The summed E-state index contributed by atoms with van der Waals surface area (Å²) >= 11 is 0. The van der Waals surface area contributed by atoms with Crippen LogP contribution in [0.25, 0.3) is 10.8 Å². The number of Topliss-reactive ketones (excluding diaryl/α,β-unsaturated/α-hetero) is 1. The van der Waals surface area contributed by atoms with Gasteiger partial charge in [0.2, 0.25) is 0 Å². The number of rotatable bonds is 3. The molecule has 2 heteroatoms. The predicted molar refractivity (Wildman–Crippen MR) is 77.2 cm³/mol. The van der Waals surface area contributed by atoms with Crippen LogP contribution in [-0.2, 0) is 0 Å². The monoisotopic (exact) mass is 251 g/mol. The Kier molecular flexibility index (Phi) is 3.41. The molecular weight excluding hydrogens is 234 g/mol. The van der Waals surface area contributed by atoms with E-state index in [-0.39, 0.29) is 5.78 Å². The lowest BCUT2D eigenvalue weighted by Crippen LogP contribution is -2.04. The SMILES string of the molecule is O=C(CC1=CCCCC1)c1cccc2cnccc12. The predicted octanol–water partition coefficient (Wildman–Crippen LogP) is 4.31. The number of nitrogens with zero attached hydrogens (tertiary/aromatic N) is 1. The number of carbonyl (C=O) groups is 1. The number of benzene rings is 1. The summed E-state index contributed by atoms with van der Waals surface area (Å²) in [7, 11) is 0. The van der Waals surface area contributed by atoms with Crippen LogP contribution in [-0.4, -0.2) is 10.8 Å². The van der Waals surface area contributed by atoms with Gasteiger partial charge in [-0.1, -0.05) is 29.8 Å². The third-order valence-electron chi connectivity index (χ3n) is 3.75. The highest BCUT2D eigenvalue weighted by atomic mass is 16.1. The van der Waals surface area contributed by atoms with E-state index in [1.54, 1.807) is 6.20 Å². The number of allylic oxidation sites excluding steroid dienone is 2. The highest BCUT2D eigenvalue weighted by Gasteiger charge is 2.13. The van der Waals surface area contributed by atoms with Crippen molar-refractivity contribution in [2.45, 2.75) is 32.1 Å². The first-order valence-corrected chi connectivity index (χ1v) is 6.88. The van der Waals surface area contributed by atoms with Crippen molar-refractivity contribution in [1.82, 2.24) is 4.98 Å². The molecule has 1 aromatic heterocycles. The van der Waals surface area contributed by atoms with Crippen molar-refractivity contribution < 1.29 is 4.79 Å². The maximum absolute atomic E-state index is 12.5. The van der Waals surface area contributed by atoms with E-state index in [4.69, 9.17) is 0 Å². The highest BCUT2D eigenvalue weighted by Crippen LogP contribution is 2.24. The van der Waals surface area contributed by atoms with Gasteiger partial charge in [-0.15, -0.1) is 0 Å². The van der Waals surface area contributed by atoms with E-state index in [1.165, 1.54) is 18.4 Å². The lowest BCUT2D eigenvalue weighted by Gasteiger charge is -2.12. The Morgan fingerprint density at radius 2 is 2.16 bits per heavy atom. The molecule has 0 unspecified atom stereocenters. The van der Waals surface area contributed by atoms with E-state index in [0.717, 1.165) is 29.2 Å². The Hall–Kier alpha value is -1.96. The smallest absolute Gasteiger partial charge is 0.167 e. The van der Waals surface area contributed by atoms with Gasteiger partial charge in [0.25, 0.3) is 0 Å². The van der Waals surface area contributed by atoms with Gasteiger partial charge in [-0.2, -0.15) is 0 Å². The summed E-state index contributed by atoms with van der Waals surface area (Å²) in [5.74, 6) is 0.227. The van der Waals surface area contributed by atoms with Crippen LogP contribution in [0.2, 0.25) is 0 Å². The molecule has 0 fully saturated rings. The molecule has 1 aliphatic rings. The molecule has 1 aliphatic carbocycles. The Labute approximate surface area is 113 Å². The van der Waals surface area contributed by atoms with E-state index in [1.807, 2.05) is 30.5 Å². The maximum Gasteiger partial charge on any atom is 0.167 e. The fraction of sp³-hybridized carbons (Fsp3) is 0.294. The summed E-state index contributed by atoms with van der Waals surface area (Å²) in [4.78, 5) is 16.6. The minimum Gasteiger partial charge on any atom is -0.294 e. The van der Waals surface area contributed by atoms with Gasteiger partial charge in [0.15, 0.2) is 5.78 Å². The summed E-state index contributed by atoms with van der Waals surface area (Å²) in [5, 5.41) is 2.05. The number of carbonyl (C=O) groups excluding carboxylic acids is 1. The Morgan fingerprint density at radius 1 is 1.21 bits per heavy atom. The van der Waals surface area contributed by atoms with Crippen LogP contribution >= 0.6 is 0 Å². The third kappa shape index (κ3) is 2.58. The number of hydrogen-bond acceptors (Lipinski definition) is 2. The normalized spacial score (nSPS) is 15.3. The zero-order chi connectivity index (χ0) is 13.1. The molecule has 2 nitrogen and oxygen atoms in total. The van der Waals surface area contributed by atoms with Crippen LogP contribution in [0.5, 0.6) is 0 Å². The van der Waals surface area contributed by atoms with Crippen LogP contribution in [0.3, 0.4) is 0 Å². The summed E-state index contributed by atoms with van der Waals surface area (Å²) in [6.45, 7) is 0. The molecule has 0 atom stereocenters. The molecule has 96 valence electrons. The molecule has 0 saturated heterocycles. The highest BCUT2D eigenvalue weighted by molar-refractivity contribution is 6.08. The second-order valence-electron chi connectivity index (χ2n) is 5.11. The number of pyridine rings is 1. The standard InChI is InChI=1S/C17H17NO/c19-17(11-13-5-2-1-3-6-13)16-8-4-7-14-12-18-10-9-15(14)16/h4-5,7-10,12H,1-3,6,11H2. The van der Waals surface area contributed by atoms with Crippen LogP contribution in [0.15, 0.2) is 48.3 Å². The minimum atomic E-state index is 0.227. The van der Waals surface area contributed by atoms with Crippen molar-refractivity contribution in [2.24, 2.45) is 0 Å². The Morgan fingerprint density at radius 3 is 3.00 bits per heavy atom. The van der Waals surface area contributed by atoms with Crippen molar-refractivity contribution in [3.63, 3.8) is 0 Å². The average Bonchev–Trinajstić information content (AvgIpc) is 2.47. The van der Waals surface area contributed by atoms with E-state index >= 15 is 0 Å². The van der Waals surface area contributed by atoms with Crippen molar-refractivity contribution in [1.29, 1.82) is 0 Å². The molecule has 19 heavy (non-hydrogen) atoms. The van der Waals surface area contributed by atoms with Crippen molar-refractivity contribution >= 4 is 16.6 Å². The molecule has 0 N–H and O–H groups in total. The zero-order valence-corrected chi connectivity index (χ0v) is 10.9. The number of hydrogen-bond donors (Lipinski definition) is 0. The molecule has 3 rings (SSSR count). The molecule has 1 aromatic carbocycles. The topological polar surface area (TPSA) is 30.0 Å². The second-order valence-corrected chi connectivity index (χ2v) is 5.11. The third-order valence-corrected chi connectivity index (χ3v) is 3.75. The van der Waals surface area contributed by atoms with Gasteiger partial charge in [0.05, 0.1) is 0 Å². The molecule has 0 saturated carbocycles. The molecule has 1 heterocycles. The van der Waals surface area contributed by atoms with E-state index in [0.29, 0.717) is 6.42 Å². The maximum atomic E-state index is 12.5. The zero-order valence-electron chi connectivity index (χ0n) is 10.9. The average molecular weight is 251 g/mol. The van der Waals surface area contributed by atoms with Crippen molar-refractivity contribution in [3.05, 3.63) is 53.9 Å². The first kappa shape index (κ1) is 12.1. The quantitative estimate of drug-likeness (QED) is 0.601. The van der Waals surface area contributed by atoms with Crippen molar-refractivity contribution in [2.75, 3.05) is 0 Å². The number of ketones is 1. The summed E-state index contributed by atoms with van der Waals surface area (Å²) < 4.78 is 0. The van der Waals surface area contributed by atoms with E-state index < -0.39 is 0 Å². The lowest BCUT2D eigenvalue weighted by atomic mass is 9.92. The molecule has 0 radical (unpaired) electrons. The minimum absolute atomic E-state index is 0.227. The van der Waals surface area contributed by atoms with Crippen LogP contribution in [0.1, 0.15) is 42.5 Å². The van der Waals surface area contributed by atoms with Gasteiger partial charge in [-0.25, -0.2) is 0 Å². The summed E-state index contributed by atoms with van der Waals surface area (Å²) in [5.41, 5.74) is 2.13. The van der Waals surface area contributed by atoms with Gasteiger partial charge in [0, 0.05) is 29.8 Å². The van der Waals surface area contributed by atoms with E-state index in [9.17, 15) is 4.79 Å². The Bertz CT molecular complexity index is 637. The van der Waals surface area contributed by atoms with E-state index in [2.05, 4.69) is 11.1 Å². The van der Waals surface area contributed by atoms with Gasteiger partial charge in [0.1, 0.15) is 0 Å². The largest absolute Gasteiger partial charge is 0.294 e. The lowest BCUT2D eigenvalue weighted by molar-refractivity contribution is 0.0993. The molecule has 0 amide bonds. The molecule has 0 bridgehead atoms. The first-order chi connectivity index (χ1) is 9.34. The first-order valence-electron chi connectivity index (χ1n) is 6.88. The molecule has 2 aromatic rings. The van der Waals surface area contributed by atoms with Crippen molar-refractivity contribution in [3.8, 4) is 0 Å². The number of aromatic nitrogens is 1. The summed E-state index contributed by atoms with van der Waals surface area (Å²) in [6.07, 6.45) is 11.1. The molecular formula is C17H17NO. The molecule has 0 aliphatic heterocycles. The van der Waals surface area contributed by atoms with Crippen LogP contribution in [0, 0.1) is 0 Å². The van der Waals surface area contributed by atoms with Gasteiger partial charge in [-0.05, 0) is 37.1 Å². The Balaban J connectivity index is 1.91. The van der Waals surface area contributed by atoms with Gasteiger partial charge in [-0.3, -0.25) is 9.78 Å². The summed E-state index contributed by atoms with van der Waals surface area (Å²) in [6, 6.07) is 7.79. The molecule has 0 spiro atoms. The van der Waals surface area contributed by atoms with Crippen LogP contribution in [0.4, 0.5) is 0 Å².